The average molecular weight is 447 g/mol. The van der Waals surface area contributed by atoms with Gasteiger partial charge in [-0.15, -0.1) is 0 Å². The molecule has 0 atom stereocenters. The first-order valence-corrected chi connectivity index (χ1v) is 10.7. The minimum atomic E-state index is -0.566. The minimum Gasteiger partial charge on any atom is -0.494 e. The molecule has 2 aromatic heterocycles. The van der Waals surface area contributed by atoms with Gasteiger partial charge in [-0.25, -0.2) is 9.36 Å². The van der Waals surface area contributed by atoms with Crippen LogP contribution in [0.5, 0.6) is 5.75 Å². The Labute approximate surface area is 190 Å². The number of nitrogens with one attached hydrogen (secondary N) is 1. The summed E-state index contributed by atoms with van der Waals surface area (Å²) >= 11 is 0. The summed E-state index contributed by atoms with van der Waals surface area (Å²) in [7, 11) is 1.77. The van der Waals surface area contributed by atoms with E-state index in [-0.39, 0.29) is 12.5 Å². The zero-order valence-corrected chi connectivity index (χ0v) is 19.1. The summed E-state index contributed by atoms with van der Waals surface area (Å²) in [5.41, 5.74) is 2.67. The molecule has 0 radical (unpaired) electrons. The lowest BCUT2D eigenvalue weighted by atomic mass is 10.2. The van der Waals surface area contributed by atoms with Gasteiger partial charge in [-0.1, -0.05) is 17.7 Å². The topological polar surface area (TPSA) is 87.3 Å². The number of benzene rings is 2. The molecule has 33 heavy (non-hydrogen) atoms. The molecule has 0 aliphatic carbocycles. The smallest absolute Gasteiger partial charge is 0.336 e. The Morgan fingerprint density at radius 2 is 1.67 bits per heavy atom. The number of nitrogens with zero attached hydrogens (tertiary/aromatic N) is 3. The fraction of sp³-hybridized carbons (Fsp3) is 0.240. The van der Waals surface area contributed by atoms with E-state index in [0.717, 1.165) is 15.8 Å². The Bertz CT molecular complexity index is 1440. The fourth-order valence-electron chi connectivity index (χ4n) is 3.81. The highest BCUT2D eigenvalue weighted by atomic mass is 16.5. The van der Waals surface area contributed by atoms with Crippen molar-refractivity contribution in [2.45, 2.75) is 27.3 Å². The van der Waals surface area contributed by atoms with Gasteiger partial charge in [0, 0.05) is 18.4 Å². The number of hydrogen-bond acceptors (Lipinski definition) is 4. The molecule has 2 aromatic carbocycles. The van der Waals surface area contributed by atoms with Crippen molar-refractivity contribution < 1.29 is 9.53 Å². The highest BCUT2D eigenvalue weighted by Gasteiger charge is 2.20. The number of amides is 1. The van der Waals surface area contributed by atoms with Crippen LogP contribution in [-0.2, 0) is 18.4 Å². The van der Waals surface area contributed by atoms with E-state index in [1.807, 2.05) is 32.9 Å². The zero-order valence-electron chi connectivity index (χ0n) is 19.1. The molecule has 0 bridgehead atoms. The van der Waals surface area contributed by atoms with Crippen LogP contribution in [0.4, 0.5) is 5.69 Å². The predicted octanol–water partition coefficient (Wildman–Crippen LogP) is 3.15. The molecular formula is C25H26N4O4. The Hall–Kier alpha value is -4.07. The van der Waals surface area contributed by atoms with Crippen molar-refractivity contribution >= 4 is 22.6 Å². The van der Waals surface area contributed by atoms with Crippen molar-refractivity contribution in [2.75, 3.05) is 11.9 Å². The Kier molecular flexibility index (Phi) is 5.91. The molecule has 1 N–H and O–H groups in total. The number of aromatic nitrogens is 3. The second kappa shape index (κ2) is 8.82. The predicted molar refractivity (Wildman–Crippen MR) is 128 cm³/mol. The average Bonchev–Trinajstić information content (AvgIpc) is 3.08. The first-order chi connectivity index (χ1) is 15.8. The number of ether oxygens (including phenoxy) is 1. The van der Waals surface area contributed by atoms with Crippen molar-refractivity contribution in [3.8, 4) is 11.4 Å². The lowest BCUT2D eigenvalue weighted by Gasteiger charge is -2.13. The van der Waals surface area contributed by atoms with Gasteiger partial charge < -0.3 is 14.6 Å². The molecule has 0 saturated carbocycles. The van der Waals surface area contributed by atoms with Gasteiger partial charge in [0.05, 0.1) is 17.8 Å². The van der Waals surface area contributed by atoms with Crippen LogP contribution >= 0.6 is 0 Å². The summed E-state index contributed by atoms with van der Waals surface area (Å²) in [6, 6.07) is 15.9. The lowest BCUT2D eigenvalue weighted by molar-refractivity contribution is -0.116. The largest absolute Gasteiger partial charge is 0.494 e. The molecule has 0 unspecified atom stereocenters. The molecule has 0 aliphatic heterocycles. The van der Waals surface area contributed by atoms with E-state index >= 15 is 0 Å². The fourth-order valence-corrected chi connectivity index (χ4v) is 3.81. The normalized spacial score (nSPS) is 11.0. The van der Waals surface area contributed by atoms with Crippen LogP contribution in [0.15, 0.2) is 64.2 Å². The Morgan fingerprint density at radius 3 is 2.30 bits per heavy atom. The summed E-state index contributed by atoms with van der Waals surface area (Å²) in [5, 5.41) is 2.81. The SMILES string of the molecule is CCOc1ccc(NC(=O)Cn2c(=O)n(-c3ccc(C)cc3)c(=O)c3c2cc(C)n3C)cc1. The van der Waals surface area contributed by atoms with Gasteiger partial charge in [0.25, 0.3) is 5.56 Å². The maximum absolute atomic E-state index is 13.4. The molecule has 170 valence electrons. The standard InChI is InChI=1S/C25H26N4O4/c1-5-33-20-12-8-18(9-13-20)26-22(30)15-28-21-14-17(3)27(4)23(21)24(31)29(25(28)32)19-10-6-16(2)7-11-19/h6-14H,5,15H2,1-4H3,(H,26,30). The number of anilines is 1. The third-order valence-electron chi connectivity index (χ3n) is 5.61. The van der Waals surface area contributed by atoms with Crippen LogP contribution in [-0.4, -0.2) is 26.2 Å². The second-order valence-electron chi connectivity index (χ2n) is 7.93. The van der Waals surface area contributed by atoms with Crippen LogP contribution in [0.2, 0.25) is 0 Å². The van der Waals surface area contributed by atoms with E-state index in [9.17, 15) is 14.4 Å². The second-order valence-corrected chi connectivity index (χ2v) is 7.93. The minimum absolute atomic E-state index is 0.238. The molecule has 0 spiro atoms. The van der Waals surface area contributed by atoms with E-state index in [4.69, 9.17) is 4.74 Å². The maximum Gasteiger partial charge on any atom is 0.336 e. The molecule has 8 heteroatoms. The van der Waals surface area contributed by atoms with Gasteiger partial charge in [0.15, 0.2) is 0 Å². The molecular weight excluding hydrogens is 420 g/mol. The summed E-state index contributed by atoms with van der Waals surface area (Å²) in [5.74, 6) is 0.330. The monoisotopic (exact) mass is 446 g/mol. The van der Waals surface area contributed by atoms with Crippen molar-refractivity contribution in [2.24, 2.45) is 7.05 Å². The molecule has 0 fully saturated rings. The summed E-state index contributed by atoms with van der Waals surface area (Å²) in [6.45, 7) is 6.00. The van der Waals surface area contributed by atoms with Gasteiger partial charge in [0.2, 0.25) is 5.91 Å². The van der Waals surface area contributed by atoms with Gasteiger partial charge >= 0.3 is 5.69 Å². The highest BCUT2D eigenvalue weighted by molar-refractivity contribution is 5.91. The van der Waals surface area contributed by atoms with Crippen LogP contribution in [0.1, 0.15) is 18.2 Å². The highest BCUT2D eigenvalue weighted by Crippen LogP contribution is 2.17. The van der Waals surface area contributed by atoms with Crippen molar-refractivity contribution in [1.29, 1.82) is 0 Å². The first-order valence-electron chi connectivity index (χ1n) is 10.7. The zero-order chi connectivity index (χ0) is 23.7. The van der Waals surface area contributed by atoms with E-state index in [2.05, 4.69) is 5.32 Å². The Balaban J connectivity index is 1.77. The number of carbonyl (C=O) groups is 1. The van der Waals surface area contributed by atoms with Crippen molar-refractivity contribution in [1.82, 2.24) is 13.7 Å². The van der Waals surface area contributed by atoms with Crippen molar-refractivity contribution in [3.63, 3.8) is 0 Å². The third-order valence-corrected chi connectivity index (χ3v) is 5.61. The molecule has 4 aromatic rings. The van der Waals surface area contributed by atoms with Crippen LogP contribution < -0.4 is 21.3 Å². The quantitative estimate of drug-likeness (QED) is 0.493. The van der Waals surface area contributed by atoms with E-state index < -0.39 is 11.2 Å². The molecule has 4 rings (SSSR count). The van der Waals surface area contributed by atoms with Crippen LogP contribution in [0.3, 0.4) is 0 Å². The molecule has 8 nitrogen and oxygen atoms in total. The van der Waals surface area contributed by atoms with E-state index in [0.29, 0.717) is 34.8 Å². The van der Waals surface area contributed by atoms with Gasteiger partial charge in [-0.2, -0.15) is 0 Å². The van der Waals surface area contributed by atoms with Gasteiger partial charge in [-0.05, 0) is 63.2 Å². The number of aryl methyl sites for hydroxylation is 3. The molecule has 1 amide bonds. The van der Waals surface area contributed by atoms with Crippen LogP contribution in [0.25, 0.3) is 16.7 Å². The summed E-state index contributed by atoms with van der Waals surface area (Å²) in [6.07, 6.45) is 0. The molecule has 0 saturated heterocycles. The Morgan fingerprint density at radius 1 is 1.00 bits per heavy atom. The van der Waals surface area contributed by atoms with Crippen LogP contribution in [0, 0.1) is 13.8 Å². The van der Waals surface area contributed by atoms with Gasteiger partial charge in [-0.3, -0.25) is 14.2 Å². The van der Waals surface area contributed by atoms with E-state index in [1.165, 1.54) is 4.57 Å². The number of fused-ring (bicyclic) bond motifs is 1. The first kappa shape index (κ1) is 22.1. The van der Waals surface area contributed by atoms with Crippen molar-refractivity contribution in [3.05, 3.63) is 86.7 Å². The van der Waals surface area contributed by atoms with Gasteiger partial charge in [0.1, 0.15) is 17.8 Å². The number of hydrogen-bond donors (Lipinski definition) is 1. The third kappa shape index (κ3) is 4.19. The van der Waals surface area contributed by atoms with E-state index in [1.54, 1.807) is 54.1 Å². The summed E-state index contributed by atoms with van der Waals surface area (Å²) < 4.78 is 9.62. The molecule has 2 heterocycles. The number of rotatable bonds is 6. The maximum atomic E-state index is 13.4. The molecule has 0 aliphatic rings. The number of carbonyl (C=O) groups excluding carboxylic acids is 1. The summed E-state index contributed by atoms with van der Waals surface area (Å²) in [4.78, 5) is 39.6. The lowest BCUT2D eigenvalue weighted by Crippen LogP contribution is -2.41.